The number of imidazole rings is 1. The first-order valence-corrected chi connectivity index (χ1v) is 10.8. The van der Waals surface area contributed by atoms with Crippen LogP contribution in [0.3, 0.4) is 0 Å². The Balaban J connectivity index is 1.55. The number of aromatic nitrogens is 3. The third-order valence-electron chi connectivity index (χ3n) is 6.23. The number of ether oxygens (including phenoxy) is 1. The number of nitrogens with one attached hydrogen (secondary N) is 1. The van der Waals surface area contributed by atoms with E-state index in [0.717, 1.165) is 55.9 Å². The number of aryl methyl sites for hydroxylation is 1. The normalized spacial score (nSPS) is 17.5. The van der Waals surface area contributed by atoms with Crippen LogP contribution < -0.4 is 10.5 Å². The Kier molecular flexibility index (Phi) is 6.01. The van der Waals surface area contributed by atoms with E-state index in [2.05, 4.69) is 70.6 Å². The van der Waals surface area contributed by atoms with Crippen molar-refractivity contribution in [3.63, 3.8) is 0 Å². The molecule has 0 fully saturated rings. The summed E-state index contributed by atoms with van der Waals surface area (Å²) in [5.74, 6) is 2.00. The van der Waals surface area contributed by atoms with Crippen molar-refractivity contribution < 1.29 is 4.74 Å². The van der Waals surface area contributed by atoms with E-state index in [9.17, 15) is 0 Å². The molecule has 0 radical (unpaired) electrons. The van der Waals surface area contributed by atoms with Gasteiger partial charge in [0, 0.05) is 42.5 Å². The number of nitrogens with two attached hydrogens (primary N) is 1. The molecule has 0 spiro atoms. The summed E-state index contributed by atoms with van der Waals surface area (Å²) in [5.41, 5.74) is 10.9. The monoisotopic (exact) mass is 410 g/mol. The van der Waals surface area contributed by atoms with Gasteiger partial charge in [0.2, 0.25) is 5.95 Å². The van der Waals surface area contributed by atoms with Crippen molar-refractivity contribution in [3.05, 3.63) is 41.7 Å². The van der Waals surface area contributed by atoms with Gasteiger partial charge in [0.05, 0.1) is 17.6 Å². The van der Waals surface area contributed by atoms with E-state index in [-0.39, 0.29) is 0 Å². The summed E-state index contributed by atoms with van der Waals surface area (Å²) in [6, 6.07) is 8.62. The lowest BCUT2D eigenvalue weighted by Crippen LogP contribution is -2.34. The van der Waals surface area contributed by atoms with E-state index >= 15 is 0 Å². The van der Waals surface area contributed by atoms with Gasteiger partial charge in [-0.1, -0.05) is 0 Å². The fourth-order valence-electron chi connectivity index (χ4n) is 4.48. The number of fused-ring (bicyclic) bond motifs is 3. The molecular weight excluding hydrogens is 376 g/mol. The first-order chi connectivity index (χ1) is 14.4. The second kappa shape index (κ2) is 8.70. The minimum atomic E-state index is 0.337. The lowest BCUT2D eigenvalue weighted by molar-refractivity contribution is 0.153. The Hall–Kier alpha value is -2.51. The maximum absolute atomic E-state index is 6.30. The van der Waals surface area contributed by atoms with Gasteiger partial charge in [-0.05, 0) is 71.7 Å². The lowest BCUT2D eigenvalue weighted by atomic mass is 9.94. The van der Waals surface area contributed by atoms with E-state index in [4.69, 9.17) is 10.5 Å². The minimum absolute atomic E-state index is 0.337. The number of hydrogen-bond donors (Lipinski definition) is 2. The Morgan fingerprint density at radius 3 is 2.87 bits per heavy atom. The van der Waals surface area contributed by atoms with Crippen LogP contribution in [-0.2, 0) is 13.0 Å². The molecule has 0 aliphatic carbocycles. The zero-order chi connectivity index (χ0) is 21.3. The van der Waals surface area contributed by atoms with Gasteiger partial charge in [-0.3, -0.25) is 4.90 Å². The van der Waals surface area contributed by atoms with Gasteiger partial charge in [-0.2, -0.15) is 0 Å². The SMILES string of the molecule is CC(c1ccc[nH]1)N(C)CC1COc2ccc3nc(N)n(CCCN(C)C)c3c2C1. The fraction of sp³-hybridized carbons (Fsp3) is 0.522. The lowest BCUT2D eigenvalue weighted by Gasteiger charge is -2.32. The van der Waals surface area contributed by atoms with Crippen molar-refractivity contribution in [2.45, 2.75) is 32.4 Å². The predicted octanol–water partition coefficient (Wildman–Crippen LogP) is 3.14. The summed E-state index contributed by atoms with van der Waals surface area (Å²) >= 11 is 0. The highest BCUT2D eigenvalue weighted by Gasteiger charge is 2.27. The molecule has 2 unspecified atom stereocenters. The first kappa shape index (κ1) is 20.8. The molecule has 7 nitrogen and oxygen atoms in total. The third-order valence-corrected chi connectivity index (χ3v) is 6.23. The highest BCUT2D eigenvalue weighted by molar-refractivity contribution is 5.84. The molecule has 30 heavy (non-hydrogen) atoms. The number of H-pyrrole nitrogens is 1. The number of nitrogen functional groups attached to an aromatic ring is 1. The third kappa shape index (κ3) is 4.18. The van der Waals surface area contributed by atoms with Gasteiger partial charge in [0.1, 0.15) is 5.75 Å². The van der Waals surface area contributed by atoms with E-state index in [1.807, 2.05) is 12.3 Å². The summed E-state index contributed by atoms with van der Waals surface area (Å²) < 4.78 is 8.37. The molecular formula is C23H34N6O. The van der Waals surface area contributed by atoms with Crippen molar-refractivity contribution in [1.29, 1.82) is 0 Å². The second-order valence-electron chi connectivity index (χ2n) is 8.81. The molecule has 7 heteroatoms. The largest absolute Gasteiger partial charge is 0.493 e. The van der Waals surface area contributed by atoms with Crippen LogP contribution in [0.4, 0.5) is 5.95 Å². The van der Waals surface area contributed by atoms with Gasteiger partial charge in [0.15, 0.2) is 0 Å². The number of rotatable bonds is 8. The fourth-order valence-corrected chi connectivity index (χ4v) is 4.48. The smallest absolute Gasteiger partial charge is 0.201 e. The van der Waals surface area contributed by atoms with E-state index in [0.29, 0.717) is 17.9 Å². The molecule has 2 aromatic heterocycles. The number of benzene rings is 1. The van der Waals surface area contributed by atoms with E-state index in [1.54, 1.807) is 0 Å². The van der Waals surface area contributed by atoms with Crippen LogP contribution >= 0.6 is 0 Å². The predicted molar refractivity (Wildman–Crippen MR) is 122 cm³/mol. The van der Waals surface area contributed by atoms with Crippen molar-refractivity contribution in [2.24, 2.45) is 5.92 Å². The Morgan fingerprint density at radius 1 is 1.30 bits per heavy atom. The quantitative estimate of drug-likeness (QED) is 0.597. The minimum Gasteiger partial charge on any atom is -0.493 e. The molecule has 1 aromatic carbocycles. The number of aromatic amines is 1. The van der Waals surface area contributed by atoms with Crippen molar-refractivity contribution >= 4 is 17.0 Å². The molecule has 0 saturated heterocycles. The highest BCUT2D eigenvalue weighted by Crippen LogP contribution is 2.35. The molecule has 1 aliphatic heterocycles. The van der Waals surface area contributed by atoms with Crippen LogP contribution in [0.2, 0.25) is 0 Å². The molecule has 162 valence electrons. The number of nitrogens with zero attached hydrogens (tertiary/aromatic N) is 4. The summed E-state index contributed by atoms with van der Waals surface area (Å²) in [7, 11) is 6.38. The molecule has 4 rings (SSSR count). The van der Waals surface area contributed by atoms with Crippen LogP contribution in [0.15, 0.2) is 30.5 Å². The number of hydrogen-bond acceptors (Lipinski definition) is 5. The van der Waals surface area contributed by atoms with Gasteiger partial charge < -0.3 is 24.9 Å². The molecule has 3 heterocycles. The van der Waals surface area contributed by atoms with Crippen LogP contribution in [0.25, 0.3) is 11.0 Å². The molecule has 3 N–H and O–H groups in total. The maximum Gasteiger partial charge on any atom is 0.201 e. The van der Waals surface area contributed by atoms with Crippen molar-refractivity contribution in [2.75, 3.05) is 46.6 Å². The van der Waals surface area contributed by atoms with Gasteiger partial charge in [-0.15, -0.1) is 0 Å². The molecule has 3 aromatic rings. The molecule has 0 saturated carbocycles. The first-order valence-electron chi connectivity index (χ1n) is 10.8. The van der Waals surface area contributed by atoms with Crippen LogP contribution in [-0.4, -0.2) is 65.2 Å². The topological polar surface area (TPSA) is 75.3 Å². The van der Waals surface area contributed by atoms with Crippen LogP contribution in [0, 0.1) is 5.92 Å². The van der Waals surface area contributed by atoms with E-state index < -0.39 is 0 Å². The summed E-state index contributed by atoms with van der Waals surface area (Å²) in [6.45, 7) is 5.84. The van der Waals surface area contributed by atoms with Gasteiger partial charge in [-0.25, -0.2) is 4.98 Å². The zero-order valence-electron chi connectivity index (χ0n) is 18.6. The molecule has 1 aliphatic rings. The summed E-state index contributed by atoms with van der Waals surface area (Å²) in [6.07, 6.45) is 4.00. The van der Waals surface area contributed by atoms with Crippen LogP contribution in [0.1, 0.15) is 30.6 Å². The number of anilines is 1. The standard InChI is InChI=1S/C23H34N6O/c1-16(19-7-5-10-25-19)28(4)14-17-13-18-21(30-15-17)9-8-20-22(18)29(23(24)26-20)12-6-11-27(2)3/h5,7-10,16-17,25H,6,11-15H2,1-4H3,(H2,24,26). The van der Waals surface area contributed by atoms with Gasteiger partial charge >= 0.3 is 0 Å². The second-order valence-corrected chi connectivity index (χ2v) is 8.81. The van der Waals surface area contributed by atoms with Crippen molar-refractivity contribution in [3.8, 4) is 5.75 Å². The zero-order valence-corrected chi connectivity index (χ0v) is 18.6. The maximum atomic E-state index is 6.30. The highest BCUT2D eigenvalue weighted by atomic mass is 16.5. The Bertz CT molecular complexity index is 977. The summed E-state index contributed by atoms with van der Waals surface area (Å²) in [5, 5.41) is 0. The molecule has 0 amide bonds. The Morgan fingerprint density at radius 2 is 2.13 bits per heavy atom. The van der Waals surface area contributed by atoms with Crippen molar-refractivity contribution in [1.82, 2.24) is 24.3 Å². The molecule has 0 bridgehead atoms. The average Bonchev–Trinajstić information content (AvgIpc) is 3.35. The Labute approximate surface area is 178 Å². The van der Waals surface area contributed by atoms with Crippen LogP contribution in [0.5, 0.6) is 5.75 Å². The average molecular weight is 411 g/mol. The van der Waals surface area contributed by atoms with E-state index in [1.165, 1.54) is 11.3 Å². The molecule has 2 atom stereocenters. The summed E-state index contributed by atoms with van der Waals surface area (Å²) in [4.78, 5) is 12.6. The van der Waals surface area contributed by atoms with Gasteiger partial charge in [0.25, 0.3) is 0 Å².